The highest BCUT2D eigenvalue weighted by molar-refractivity contribution is 4.78. The molecule has 0 radical (unpaired) electrons. The molecule has 3 nitrogen and oxygen atoms in total. The van der Waals surface area contributed by atoms with Crippen molar-refractivity contribution in [1.29, 1.82) is 0 Å². The van der Waals surface area contributed by atoms with Gasteiger partial charge in [-0.25, -0.2) is 0 Å². The third kappa shape index (κ3) is 1.64. The summed E-state index contributed by atoms with van der Waals surface area (Å²) in [5, 5.41) is 3.26. The fourth-order valence-electron chi connectivity index (χ4n) is 1.16. The molecule has 9 heavy (non-hydrogen) atoms. The van der Waals surface area contributed by atoms with Gasteiger partial charge in [0.25, 0.3) is 0 Å². The van der Waals surface area contributed by atoms with E-state index in [0.717, 1.165) is 13.0 Å². The molecule has 0 aromatic carbocycles. The van der Waals surface area contributed by atoms with Crippen LogP contribution in [-0.4, -0.2) is 25.9 Å². The molecule has 2 atom stereocenters. The summed E-state index contributed by atoms with van der Waals surface area (Å²) in [6.45, 7) is 1.09. The minimum absolute atomic E-state index is 0.118. The predicted molar refractivity (Wildman–Crippen MR) is 36.0 cm³/mol. The monoisotopic (exact) mass is 130 g/mol. The highest BCUT2D eigenvalue weighted by atomic mass is 16.5. The minimum atomic E-state index is -0.118. The second kappa shape index (κ2) is 3.15. The third-order valence-corrected chi connectivity index (χ3v) is 1.77. The van der Waals surface area contributed by atoms with Crippen LogP contribution < -0.4 is 11.1 Å². The van der Waals surface area contributed by atoms with E-state index in [2.05, 4.69) is 5.32 Å². The highest BCUT2D eigenvalue weighted by Crippen LogP contribution is 2.07. The molecule has 0 aromatic heterocycles. The molecule has 3 heteroatoms. The van der Waals surface area contributed by atoms with Crippen molar-refractivity contribution in [3.8, 4) is 0 Å². The van der Waals surface area contributed by atoms with E-state index in [0.29, 0.717) is 6.04 Å². The molecule has 1 saturated heterocycles. The van der Waals surface area contributed by atoms with E-state index in [1.807, 2.05) is 0 Å². The van der Waals surface area contributed by atoms with E-state index in [-0.39, 0.29) is 6.23 Å². The summed E-state index contributed by atoms with van der Waals surface area (Å²) in [7, 11) is 1.64. The zero-order valence-electron chi connectivity index (χ0n) is 5.76. The Bertz CT molecular complexity index is 81.1. The van der Waals surface area contributed by atoms with Crippen molar-refractivity contribution in [2.45, 2.75) is 25.1 Å². The third-order valence-electron chi connectivity index (χ3n) is 1.77. The van der Waals surface area contributed by atoms with Crippen LogP contribution in [0, 0.1) is 0 Å². The maximum absolute atomic E-state index is 5.59. The van der Waals surface area contributed by atoms with Gasteiger partial charge in [-0.1, -0.05) is 0 Å². The summed E-state index contributed by atoms with van der Waals surface area (Å²) in [6.07, 6.45) is 2.25. The van der Waals surface area contributed by atoms with Gasteiger partial charge in [0.15, 0.2) is 0 Å². The van der Waals surface area contributed by atoms with Gasteiger partial charge in [-0.2, -0.15) is 0 Å². The van der Waals surface area contributed by atoms with E-state index < -0.39 is 0 Å². The first kappa shape index (κ1) is 6.99. The van der Waals surface area contributed by atoms with Gasteiger partial charge in [-0.3, -0.25) is 0 Å². The topological polar surface area (TPSA) is 47.3 Å². The van der Waals surface area contributed by atoms with Gasteiger partial charge in [0.2, 0.25) is 0 Å². The van der Waals surface area contributed by atoms with Gasteiger partial charge in [-0.05, 0) is 19.4 Å². The summed E-state index contributed by atoms with van der Waals surface area (Å²) in [6, 6.07) is 0.384. The first-order valence-corrected chi connectivity index (χ1v) is 3.36. The molecular formula is C6H14N2O. The van der Waals surface area contributed by atoms with Crippen LogP contribution in [-0.2, 0) is 4.74 Å². The van der Waals surface area contributed by atoms with Crippen molar-refractivity contribution in [2.24, 2.45) is 5.73 Å². The SMILES string of the molecule is CO[C@@H](N)C1CCCN1. The van der Waals surface area contributed by atoms with Crippen molar-refractivity contribution in [2.75, 3.05) is 13.7 Å². The molecule has 1 aliphatic heterocycles. The van der Waals surface area contributed by atoms with E-state index in [4.69, 9.17) is 10.5 Å². The molecule has 1 rings (SSSR count). The van der Waals surface area contributed by atoms with Crippen LogP contribution in [0.2, 0.25) is 0 Å². The van der Waals surface area contributed by atoms with E-state index >= 15 is 0 Å². The summed E-state index contributed by atoms with van der Waals surface area (Å²) < 4.78 is 4.95. The lowest BCUT2D eigenvalue weighted by atomic mass is 10.2. The highest BCUT2D eigenvalue weighted by Gasteiger charge is 2.20. The van der Waals surface area contributed by atoms with Gasteiger partial charge in [0.1, 0.15) is 6.23 Å². The number of hydrogen-bond donors (Lipinski definition) is 2. The van der Waals surface area contributed by atoms with Crippen LogP contribution in [0.1, 0.15) is 12.8 Å². The number of ether oxygens (including phenoxy) is 1. The van der Waals surface area contributed by atoms with Gasteiger partial charge >= 0.3 is 0 Å². The lowest BCUT2D eigenvalue weighted by Gasteiger charge is -2.16. The molecule has 0 amide bonds. The molecule has 1 fully saturated rings. The van der Waals surface area contributed by atoms with E-state index in [1.54, 1.807) is 7.11 Å². The number of nitrogens with one attached hydrogen (secondary N) is 1. The van der Waals surface area contributed by atoms with Crippen molar-refractivity contribution < 1.29 is 4.74 Å². The second-order valence-corrected chi connectivity index (χ2v) is 2.40. The fraction of sp³-hybridized carbons (Fsp3) is 1.00. The molecule has 3 N–H and O–H groups in total. The Labute approximate surface area is 55.6 Å². The number of nitrogens with two attached hydrogens (primary N) is 1. The average molecular weight is 130 g/mol. The number of methoxy groups -OCH3 is 1. The number of hydrogen-bond acceptors (Lipinski definition) is 3. The molecule has 0 bridgehead atoms. The quantitative estimate of drug-likeness (QED) is 0.503. The van der Waals surface area contributed by atoms with Gasteiger partial charge < -0.3 is 15.8 Å². The zero-order chi connectivity index (χ0) is 6.69. The van der Waals surface area contributed by atoms with Crippen LogP contribution in [0.25, 0.3) is 0 Å². The van der Waals surface area contributed by atoms with Crippen LogP contribution in [0.5, 0.6) is 0 Å². The predicted octanol–water partition coefficient (Wildman–Crippen LogP) is -0.330. The van der Waals surface area contributed by atoms with Crippen molar-refractivity contribution in [1.82, 2.24) is 5.32 Å². The molecular weight excluding hydrogens is 116 g/mol. The Morgan fingerprint density at radius 2 is 2.56 bits per heavy atom. The van der Waals surface area contributed by atoms with E-state index in [1.165, 1.54) is 6.42 Å². The van der Waals surface area contributed by atoms with Crippen LogP contribution >= 0.6 is 0 Å². The molecule has 0 saturated carbocycles. The lowest BCUT2D eigenvalue weighted by molar-refractivity contribution is 0.0797. The fourth-order valence-corrected chi connectivity index (χ4v) is 1.16. The Morgan fingerprint density at radius 3 is 3.00 bits per heavy atom. The van der Waals surface area contributed by atoms with Gasteiger partial charge in [0, 0.05) is 13.2 Å². The zero-order valence-corrected chi connectivity index (χ0v) is 5.76. The molecule has 0 spiro atoms. The molecule has 1 heterocycles. The van der Waals surface area contributed by atoms with Crippen LogP contribution in [0.15, 0.2) is 0 Å². The summed E-state index contributed by atoms with van der Waals surface area (Å²) in [5.74, 6) is 0. The molecule has 1 unspecified atom stereocenters. The van der Waals surface area contributed by atoms with Crippen molar-refractivity contribution in [3.05, 3.63) is 0 Å². The Balaban J connectivity index is 2.24. The van der Waals surface area contributed by atoms with Gasteiger partial charge in [0.05, 0.1) is 0 Å². The van der Waals surface area contributed by atoms with Crippen LogP contribution in [0.4, 0.5) is 0 Å². The van der Waals surface area contributed by atoms with Crippen molar-refractivity contribution >= 4 is 0 Å². The molecule has 0 aliphatic carbocycles. The van der Waals surface area contributed by atoms with Crippen LogP contribution in [0.3, 0.4) is 0 Å². The summed E-state index contributed by atoms with van der Waals surface area (Å²) in [5.41, 5.74) is 5.59. The number of rotatable bonds is 2. The van der Waals surface area contributed by atoms with Gasteiger partial charge in [-0.15, -0.1) is 0 Å². The maximum atomic E-state index is 5.59. The first-order valence-electron chi connectivity index (χ1n) is 3.36. The normalized spacial score (nSPS) is 30.7. The first-order chi connectivity index (χ1) is 4.34. The Kier molecular flexibility index (Phi) is 2.45. The Morgan fingerprint density at radius 1 is 1.78 bits per heavy atom. The molecule has 1 aliphatic rings. The van der Waals surface area contributed by atoms with Crippen molar-refractivity contribution in [3.63, 3.8) is 0 Å². The summed E-state index contributed by atoms with van der Waals surface area (Å²) in [4.78, 5) is 0. The average Bonchev–Trinajstić information content (AvgIpc) is 2.37. The minimum Gasteiger partial charge on any atom is -0.365 e. The molecule has 54 valence electrons. The lowest BCUT2D eigenvalue weighted by Crippen LogP contribution is -2.42. The maximum Gasteiger partial charge on any atom is 0.120 e. The Hall–Kier alpha value is -0.120. The largest absolute Gasteiger partial charge is 0.365 e. The smallest absolute Gasteiger partial charge is 0.120 e. The second-order valence-electron chi connectivity index (χ2n) is 2.40. The van der Waals surface area contributed by atoms with E-state index in [9.17, 15) is 0 Å². The molecule has 0 aromatic rings. The standard InChI is InChI=1S/C6H14N2O/c1-9-6(7)5-3-2-4-8-5/h5-6,8H,2-4,7H2,1H3/t5?,6-/m1/s1. The summed E-state index contributed by atoms with van der Waals surface area (Å²) >= 11 is 0.